The molecule has 2 aromatic rings. The summed E-state index contributed by atoms with van der Waals surface area (Å²) in [6.07, 6.45) is 2.99. The lowest BCUT2D eigenvalue weighted by molar-refractivity contribution is 0.446. The average Bonchev–Trinajstić information content (AvgIpc) is 2.73. The molecule has 0 atom stereocenters. The predicted octanol–water partition coefficient (Wildman–Crippen LogP) is 1.75. The fourth-order valence-electron chi connectivity index (χ4n) is 1.28. The van der Waals surface area contributed by atoms with Crippen molar-refractivity contribution >= 4 is 0 Å². The summed E-state index contributed by atoms with van der Waals surface area (Å²) in [5, 5.41) is 3.85. The highest BCUT2D eigenvalue weighted by Crippen LogP contribution is 2.16. The second-order valence-electron chi connectivity index (χ2n) is 3.22. The van der Waals surface area contributed by atoms with E-state index < -0.39 is 17.5 Å². The molecule has 0 saturated carbocycles. The van der Waals surface area contributed by atoms with Crippen molar-refractivity contribution in [2.24, 2.45) is 5.73 Å². The minimum Gasteiger partial charge on any atom is -0.326 e. The first kappa shape index (κ1) is 10.7. The van der Waals surface area contributed by atoms with Crippen LogP contribution in [-0.4, -0.2) is 9.78 Å². The van der Waals surface area contributed by atoms with Gasteiger partial charge in [0.05, 0.1) is 11.9 Å². The Hall–Kier alpha value is -1.82. The van der Waals surface area contributed by atoms with Crippen LogP contribution in [0.3, 0.4) is 0 Å². The van der Waals surface area contributed by atoms with Gasteiger partial charge in [-0.2, -0.15) is 5.10 Å². The molecule has 0 radical (unpaired) electrons. The first-order valence-corrected chi connectivity index (χ1v) is 4.50. The SMILES string of the molecule is NCc1cnn(-c2cc(F)c(F)c(F)c2)c1. The molecule has 0 fully saturated rings. The molecule has 0 aliphatic carbocycles. The molecule has 6 heteroatoms. The summed E-state index contributed by atoms with van der Waals surface area (Å²) in [6.45, 7) is 0.270. The van der Waals surface area contributed by atoms with Crippen molar-refractivity contribution in [2.75, 3.05) is 0 Å². The third-order valence-corrected chi connectivity index (χ3v) is 2.10. The first-order valence-electron chi connectivity index (χ1n) is 4.50. The van der Waals surface area contributed by atoms with E-state index in [0.717, 1.165) is 12.1 Å². The summed E-state index contributed by atoms with van der Waals surface area (Å²) in [6, 6.07) is 1.73. The molecule has 1 aromatic heterocycles. The zero-order valence-electron chi connectivity index (χ0n) is 8.12. The van der Waals surface area contributed by atoms with E-state index in [9.17, 15) is 13.2 Å². The first-order chi connectivity index (χ1) is 7.61. The normalized spacial score (nSPS) is 10.8. The highest BCUT2D eigenvalue weighted by Gasteiger charge is 2.11. The summed E-state index contributed by atoms with van der Waals surface area (Å²) in [5.41, 5.74) is 6.18. The van der Waals surface area contributed by atoms with Crippen LogP contribution < -0.4 is 5.73 Å². The van der Waals surface area contributed by atoms with Crippen molar-refractivity contribution < 1.29 is 13.2 Å². The molecule has 1 heterocycles. The Kier molecular flexibility index (Phi) is 2.66. The van der Waals surface area contributed by atoms with Crippen LogP contribution in [0.4, 0.5) is 13.2 Å². The molecule has 0 aliphatic heterocycles. The standard InChI is InChI=1S/C10H8F3N3/c11-8-1-7(2-9(12)10(8)13)16-5-6(3-14)4-15-16/h1-2,4-5H,3,14H2. The Morgan fingerprint density at radius 1 is 1.19 bits per heavy atom. The molecular weight excluding hydrogens is 219 g/mol. The quantitative estimate of drug-likeness (QED) is 0.794. The molecule has 2 rings (SSSR count). The summed E-state index contributed by atoms with van der Waals surface area (Å²) >= 11 is 0. The second-order valence-corrected chi connectivity index (χ2v) is 3.22. The van der Waals surface area contributed by atoms with Gasteiger partial charge in [0.1, 0.15) is 0 Å². The van der Waals surface area contributed by atoms with Crippen molar-refractivity contribution in [3.05, 3.63) is 47.5 Å². The monoisotopic (exact) mass is 227 g/mol. The number of rotatable bonds is 2. The third-order valence-electron chi connectivity index (χ3n) is 2.10. The third kappa shape index (κ3) is 1.79. The van der Waals surface area contributed by atoms with Gasteiger partial charge in [-0.3, -0.25) is 0 Å². The molecule has 0 aliphatic rings. The molecule has 16 heavy (non-hydrogen) atoms. The average molecular weight is 227 g/mol. The maximum atomic E-state index is 12.9. The molecule has 0 saturated heterocycles. The van der Waals surface area contributed by atoms with Gasteiger partial charge in [-0.15, -0.1) is 0 Å². The van der Waals surface area contributed by atoms with E-state index in [4.69, 9.17) is 5.73 Å². The van der Waals surface area contributed by atoms with Crippen molar-refractivity contribution in [2.45, 2.75) is 6.54 Å². The Bertz CT molecular complexity index is 499. The van der Waals surface area contributed by atoms with Crippen LogP contribution in [0.1, 0.15) is 5.56 Å². The number of aromatic nitrogens is 2. The fraction of sp³-hybridized carbons (Fsp3) is 0.100. The topological polar surface area (TPSA) is 43.8 Å². The van der Waals surface area contributed by atoms with E-state index in [2.05, 4.69) is 5.10 Å². The van der Waals surface area contributed by atoms with Gasteiger partial charge >= 0.3 is 0 Å². The van der Waals surface area contributed by atoms with Crippen molar-refractivity contribution in [3.63, 3.8) is 0 Å². The molecule has 0 spiro atoms. The Balaban J connectivity index is 2.48. The van der Waals surface area contributed by atoms with Crippen LogP contribution in [0, 0.1) is 17.5 Å². The van der Waals surface area contributed by atoms with Crippen molar-refractivity contribution in [3.8, 4) is 5.69 Å². The fourth-order valence-corrected chi connectivity index (χ4v) is 1.28. The molecule has 0 unspecified atom stereocenters. The van der Waals surface area contributed by atoms with Gasteiger partial charge in [0.15, 0.2) is 17.5 Å². The van der Waals surface area contributed by atoms with Gasteiger partial charge in [-0.25, -0.2) is 17.9 Å². The number of nitrogens with zero attached hydrogens (tertiary/aromatic N) is 2. The largest absolute Gasteiger partial charge is 0.326 e. The lowest BCUT2D eigenvalue weighted by Crippen LogP contribution is -2.00. The molecule has 3 nitrogen and oxygen atoms in total. The van der Waals surface area contributed by atoms with Crippen LogP contribution in [0.25, 0.3) is 5.69 Å². The van der Waals surface area contributed by atoms with Crippen LogP contribution >= 0.6 is 0 Å². The van der Waals surface area contributed by atoms with Crippen molar-refractivity contribution in [1.82, 2.24) is 9.78 Å². The maximum absolute atomic E-state index is 12.9. The molecule has 0 bridgehead atoms. The van der Waals surface area contributed by atoms with Gasteiger partial charge in [-0.1, -0.05) is 0 Å². The minimum absolute atomic E-state index is 0.108. The lowest BCUT2D eigenvalue weighted by atomic mass is 10.3. The van der Waals surface area contributed by atoms with Gasteiger partial charge in [0, 0.05) is 30.4 Å². The van der Waals surface area contributed by atoms with E-state index in [0.29, 0.717) is 5.56 Å². The van der Waals surface area contributed by atoms with Gasteiger partial charge < -0.3 is 5.73 Å². The highest BCUT2D eigenvalue weighted by molar-refractivity contribution is 5.33. The number of benzene rings is 1. The Morgan fingerprint density at radius 2 is 1.81 bits per heavy atom. The van der Waals surface area contributed by atoms with Crippen LogP contribution in [0.5, 0.6) is 0 Å². The maximum Gasteiger partial charge on any atom is 0.194 e. The Labute approximate surface area is 89.3 Å². The van der Waals surface area contributed by atoms with Crippen LogP contribution in [-0.2, 0) is 6.54 Å². The smallest absolute Gasteiger partial charge is 0.194 e. The summed E-state index contributed by atoms with van der Waals surface area (Å²) < 4.78 is 39.8. The summed E-state index contributed by atoms with van der Waals surface area (Å²) in [4.78, 5) is 0. The number of hydrogen-bond acceptors (Lipinski definition) is 2. The molecule has 0 amide bonds. The molecule has 2 N–H and O–H groups in total. The van der Waals surface area contributed by atoms with Gasteiger partial charge in [0.25, 0.3) is 0 Å². The summed E-state index contributed by atoms with van der Waals surface area (Å²) in [5.74, 6) is -3.99. The van der Waals surface area contributed by atoms with Crippen LogP contribution in [0.15, 0.2) is 24.5 Å². The zero-order valence-corrected chi connectivity index (χ0v) is 8.12. The van der Waals surface area contributed by atoms with E-state index in [1.807, 2.05) is 0 Å². The predicted molar refractivity (Wildman–Crippen MR) is 51.3 cm³/mol. The summed E-state index contributed by atoms with van der Waals surface area (Å²) in [7, 11) is 0. The highest BCUT2D eigenvalue weighted by atomic mass is 19.2. The molecular formula is C10H8F3N3. The molecule has 84 valence electrons. The van der Waals surface area contributed by atoms with Crippen LogP contribution in [0.2, 0.25) is 0 Å². The van der Waals surface area contributed by atoms with Gasteiger partial charge in [-0.05, 0) is 0 Å². The van der Waals surface area contributed by atoms with Crippen molar-refractivity contribution in [1.29, 1.82) is 0 Å². The van der Waals surface area contributed by atoms with E-state index in [1.165, 1.54) is 17.1 Å². The minimum atomic E-state index is -1.49. The zero-order chi connectivity index (χ0) is 11.7. The second kappa shape index (κ2) is 3.97. The number of nitrogens with two attached hydrogens (primary N) is 1. The van der Waals surface area contributed by atoms with E-state index >= 15 is 0 Å². The lowest BCUT2D eigenvalue weighted by Gasteiger charge is -2.02. The van der Waals surface area contributed by atoms with E-state index in [1.54, 1.807) is 0 Å². The number of halogens is 3. The Morgan fingerprint density at radius 3 is 2.31 bits per heavy atom. The van der Waals surface area contributed by atoms with E-state index in [-0.39, 0.29) is 12.2 Å². The van der Waals surface area contributed by atoms with Gasteiger partial charge in [0.2, 0.25) is 0 Å². The number of hydrogen-bond donors (Lipinski definition) is 1. The molecule has 1 aromatic carbocycles.